The normalized spacial score (nSPS) is 11.0. The van der Waals surface area contributed by atoms with Crippen molar-refractivity contribution in [1.29, 1.82) is 0 Å². The van der Waals surface area contributed by atoms with Crippen molar-refractivity contribution in [3.8, 4) is 0 Å². The van der Waals surface area contributed by atoms with Crippen LogP contribution in [-0.4, -0.2) is 23.2 Å². The second-order valence-electron chi connectivity index (χ2n) is 7.12. The molecule has 0 radical (unpaired) electrons. The highest BCUT2D eigenvalue weighted by Gasteiger charge is 2.15. The van der Waals surface area contributed by atoms with E-state index in [1.165, 1.54) is 18.7 Å². The largest absolute Gasteiger partial charge is 0.331 e. The van der Waals surface area contributed by atoms with Gasteiger partial charge in [0.1, 0.15) is 5.71 Å². The minimum atomic E-state index is -0.581. The number of benzene rings is 3. The van der Waals surface area contributed by atoms with E-state index in [0.29, 0.717) is 29.5 Å². The average molecular weight is 458 g/mol. The molecule has 6 heteroatoms. The monoisotopic (exact) mass is 457 g/mol. The van der Waals surface area contributed by atoms with Crippen LogP contribution in [0.4, 0.5) is 0 Å². The fourth-order valence-corrected chi connectivity index (χ4v) is 3.78. The molecule has 0 aliphatic heterocycles. The van der Waals surface area contributed by atoms with E-state index in [9.17, 15) is 14.4 Å². The van der Waals surface area contributed by atoms with Crippen LogP contribution < -0.4 is 0 Å². The molecule has 3 rings (SSSR count). The molecule has 0 heterocycles. The summed E-state index contributed by atoms with van der Waals surface area (Å²) in [7, 11) is 0. The molecule has 0 N–H and O–H groups in total. The van der Waals surface area contributed by atoms with Gasteiger partial charge in [-0.05, 0) is 55.0 Å². The van der Waals surface area contributed by atoms with E-state index in [-0.39, 0.29) is 17.3 Å². The Balaban J connectivity index is 1.68. The SMILES string of the molecule is C=CCC/C(=N\OC(C)=O)C(=O)c1ccc(Sc2ccc(C(=O)c3ccccc3)cc2)cc1. The Morgan fingerprint density at radius 2 is 1.39 bits per heavy atom. The van der Waals surface area contributed by atoms with E-state index in [1.807, 2.05) is 54.6 Å². The van der Waals surface area contributed by atoms with Gasteiger partial charge >= 0.3 is 5.97 Å². The molecule has 3 aromatic rings. The first kappa shape index (κ1) is 23.9. The number of carbonyl (C=O) groups is 3. The van der Waals surface area contributed by atoms with Crippen LogP contribution in [0.1, 0.15) is 46.0 Å². The van der Waals surface area contributed by atoms with Crippen LogP contribution >= 0.6 is 11.8 Å². The topological polar surface area (TPSA) is 72.8 Å². The number of hydrogen-bond donors (Lipinski definition) is 0. The number of rotatable bonds is 10. The van der Waals surface area contributed by atoms with Crippen LogP contribution in [0.2, 0.25) is 0 Å². The van der Waals surface area contributed by atoms with Gasteiger partial charge in [0, 0.05) is 39.8 Å². The number of Topliss-reactive ketones (excluding diaryl/α,β-unsaturated/α-hetero) is 1. The van der Waals surface area contributed by atoms with Crippen molar-refractivity contribution < 1.29 is 19.2 Å². The molecule has 0 unspecified atom stereocenters. The van der Waals surface area contributed by atoms with Crippen LogP contribution in [0.15, 0.2) is 106 Å². The zero-order valence-electron chi connectivity index (χ0n) is 18.2. The van der Waals surface area contributed by atoms with E-state index < -0.39 is 5.97 Å². The molecular weight excluding hydrogens is 434 g/mol. The summed E-state index contributed by atoms with van der Waals surface area (Å²) < 4.78 is 0. The van der Waals surface area contributed by atoms with Gasteiger partial charge in [0.25, 0.3) is 0 Å². The highest BCUT2D eigenvalue weighted by atomic mass is 32.2. The maximum Gasteiger partial charge on any atom is 0.331 e. The minimum Gasteiger partial charge on any atom is -0.318 e. The van der Waals surface area contributed by atoms with Crippen molar-refractivity contribution in [3.63, 3.8) is 0 Å². The number of allylic oxidation sites excluding steroid dienone is 1. The summed E-state index contributed by atoms with van der Waals surface area (Å²) in [6.45, 7) is 4.88. The first-order chi connectivity index (χ1) is 16.0. The predicted octanol–water partition coefficient (Wildman–Crippen LogP) is 6.14. The van der Waals surface area contributed by atoms with Gasteiger partial charge in [-0.3, -0.25) is 9.59 Å². The van der Waals surface area contributed by atoms with Crippen molar-refractivity contribution in [2.45, 2.75) is 29.6 Å². The fourth-order valence-electron chi connectivity index (χ4n) is 2.97. The van der Waals surface area contributed by atoms with Crippen molar-refractivity contribution in [1.82, 2.24) is 0 Å². The van der Waals surface area contributed by atoms with Gasteiger partial charge < -0.3 is 4.84 Å². The van der Waals surface area contributed by atoms with Gasteiger partial charge in [-0.15, -0.1) is 6.58 Å². The quantitative estimate of drug-likeness (QED) is 0.120. The Labute approximate surface area is 197 Å². The van der Waals surface area contributed by atoms with E-state index in [4.69, 9.17) is 0 Å². The van der Waals surface area contributed by atoms with Gasteiger partial charge in [-0.1, -0.05) is 53.3 Å². The molecule has 0 aliphatic carbocycles. The first-order valence-electron chi connectivity index (χ1n) is 10.4. The van der Waals surface area contributed by atoms with E-state index in [1.54, 1.807) is 30.3 Å². The molecule has 0 spiro atoms. The molecule has 166 valence electrons. The molecule has 0 bridgehead atoms. The third-order valence-electron chi connectivity index (χ3n) is 4.64. The third kappa shape index (κ3) is 6.85. The van der Waals surface area contributed by atoms with E-state index >= 15 is 0 Å². The number of hydrogen-bond acceptors (Lipinski definition) is 6. The smallest absolute Gasteiger partial charge is 0.318 e. The summed E-state index contributed by atoms with van der Waals surface area (Å²) in [4.78, 5) is 42.9. The fraction of sp³-hybridized carbons (Fsp3) is 0.111. The standard InChI is InChI=1S/C27H23NO4S/c1-3-4-10-25(28-32-19(2)29)27(31)22-13-17-24(18-14-22)33-23-15-11-21(12-16-23)26(30)20-8-6-5-7-9-20/h3,5-9,11-18H,1,4,10H2,2H3/b28-25+. The predicted molar refractivity (Wildman–Crippen MR) is 130 cm³/mol. The van der Waals surface area contributed by atoms with Gasteiger partial charge in [0.15, 0.2) is 5.78 Å². The van der Waals surface area contributed by atoms with Crippen molar-refractivity contribution in [2.75, 3.05) is 0 Å². The van der Waals surface area contributed by atoms with Crippen LogP contribution in [-0.2, 0) is 9.63 Å². The first-order valence-corrected chi connectivity index (χ1v) is 11.2. The molecule has 3 aromatic carbocycles. The Kier molecular flexibility index (Phi) is 8.49. The summed E-state index contributed by atoms with van der Waals surface area (Å²) in [5, 5.41) is 3.71. The second kappa shape index (κ2) is 11.7. The van der Waals surface area contributed by atoms with Gasteiger partial charge in [0.05, 0.1) is 0 Å². The maximum absolute atomic E-state index is 12.8. The lowest BCUT2D eigenvalue weighted by Crippen LogP contribution is -2.15. The average Bonchev–Trinajstić information content (AvgIpc) is 2.84. The lowest BCUT2D eigenvalue weighted by atomic mass is 10.0. The van der Waals surface area contributed by atoms with Gasteiger partial charge in [-0.25, -0.2) is 4.79 Å². The number of ketones is 2. The summed E-state index contributed by atoms with van der Waals surface area (Å²) in [5.41, 5.74) is 1.91. The van der Waals surface area contributed by atoms with Crippen molar-refractivity contribution >= 4 is 35.0 Å². The highest BCUT2D eigenvalue weighted by molar-refractivity contribution is 7.99. The zero-order chi connectivity index (χ0) is 23.6. The summed E-state index contributed by atoms with van der Waals surface area (Å²) in [6.07, 6.45) is 2.55. The molecule has 5 nitrogen and oxygen atoms in total. The van der Waals surface area contributed by atoms with Crippen molar-refractivity contribution in [2.24, 2.45) is 5.16 Å². The molecule has 33 heavy (non-hydrogen) atoms. The molecular formula is C27H23NO4S. The van der Waals surface area contributed by atoms with Crippen molar-refractivity contribution in [3.05, 3.63) is 108 Å². The molecule has 0 atom stereocenters. The zero-order valence-corrected chi connectivity index (χ0v) is 19.0. The molecule has 0 saturated carbocycles. The highest BCUT2D eigenvalue weighted by Crippen LogP contribution is 2.28. The number of nitrogens with zero attached hydrogens (tertiary/aromatic N) is 1. The van der Waals surface area contributed by atoms with E-state index in [0.717, 1.165) is 9.79 Å². The summed E-state index contributed by atoms with van der Waals surface area (Å²) >= 11 is 1.53. The third-order valence-corrected chi connectivity index (χ3v) is 5.65. The minimum absolute atomic E-state index is 0.0160. The Hall–Kier alpha value is -3.77. The van der Waals surface area contributed by atoms with Crippen LogP contribution in [0.5, 0.6) is 0 Å². The molecule has 0 aliphatic rings. The maximum atomic E-state index is 12.8. The second-order valence-corrected chi connectivity index (χ2v) is 8.27. The molecule has 0 amide bonds. The number of carbonyl (C=O) groups excluding carboxylic acids is 3. The summed E-state index contributed by atoms with van der Waals surface area (Å²) in [5.74, 6) is -0.891. The van der Waals surface area contributed by atoms with Gasteiger partial charge in [-0.2, -0.15) is 0 Å². The molecule has 0 fully saturated rings. The number of oxime groups is 1. The molecule has 0 aromatic heterocycles. The lowest BCUT2D eigenvalue weighted by Gasteiger charge is -2.07. The molecule has 0 saturated heterocycles. The van der Waals surface area contributed by atoms with Crippen LogP contribution in [0.3, 0.4) is 0 Å². The Bertz CT molecular complexity index is 1170. The Morgan fingerprint density at radius 3 is 1.94 bits per heavy atom. The lowest BCUT2D eigenvalue weighted by molar-refractivity contribution is -0.140. The van der Waals surface area contributed by atoms with Crippen LogP contribution in [0.25, 0.3) is 0 Å². The van der Waals surface area contributed by atoms with Gasteiger partial charge in [0.2, 0.25) is 5.78 Å². The summed E-state index contributed by atoms with van der Waals surface area (Å²) in [6, 6.07) is 23.7. The Morgan fingerprint density at radius 1 is 0.848 bits per heavy atom. The van der Waals surface area contributed by atoms with Crippen LogP contribution in [0, 0.1) is 0 Å². The van der Waals surface area contributed by atoms with E-state index in [2.05, 4.69) is 16.6 Å².